The molecule has 1 aromatic heterocycles. The van der Waals surface area contributed by atoms with Gasteiger partial charge in [-0.15, -0.1) is 0 Å². The lowest BCUT2D eigenvalue weighted by Crippen LogP contribution is -2.32. The van der Waals surface area contributed by atoms with Crippen molar-refractivity contribution in [2.24, 2.45) is 5.73 Å². The summed E-state index contributed by atoms with van der Waals surface area (Å²) in [7, 11) is 0. The van der Waals surface area contributed by atoms with E-state index in [0.717, 1.165) is 12.2 Å². The third-order valence-electron chi connectivity index (χ3n) is 4.41. The first-order chi connectivity index (χ1) is 8.80. The maximum absolute atomic E-state index is 6.36. The van der Waals surface area contributed by atoms with E-state index >= 15 is 0 Å². The van der Waals surface area contributed by atoms with Crippen molar-refractivity contribution in [1.29, 1.82) is 0 Å². The van der Waals surface area contributed by atoms with E-state index in [1.165, 1.54) is 44.9 Å². The zero-order chi connectivity index (χ0) is 12.4. The van der Waals surface area contributed by atoms with E-state index in [-0.39, 0.29) is 5.60 Å². The lowest BCUT2D eigenvalue weighted by atomic mass is 9.83. The molecule has 2 aliphatic rings. The largest absolute Gasteiger partial charge is 0.370 e. The van der Waals surface area contributed by atoms with E-state index in [2.05, 4.69) is 9.55 Å². The summed E-state index contributed by atoms with van der Waals surface area (Å²) in [6.45, 7) is 1.44. The van der Waals surface area contributed by atoms with E-state index in [9.17, 15) is 0 Å². The van der Waals surface area contributed by atoms with Crippen molar-refractivity contribution in [3.05, 3.63) is 18.2 Å². The number of hydrogen-bond donors (Lipinski definition) is 1. The van der Waals surface area contributed by atoms with Gasteiger partial charge in [0.05, 0.1) is 23.7 Å². The first kappa shape index (κ1) is 12.2. The first-order valence-corrected chi connectivity index (χ1v) is 7.18. The number of ether oxygens (including phenoxy) is 1. The Morgan fingerprint density at radius 3 is 2.89 bits per heavy atom. The van der Waals surface area contributed by atoms with Gasteiger partial charge in [-0.05, 0) is 25.7 Å². The van der Waals surface area contributed by atoms with Gasteiger partial charge < -0.3 is 15.0 Å². The Bertz CT molecular complexity index is 395. The molecule has 100 valence electrons. The molecule has 1 unspecified atom stereocenters. The zero-order valence-electron chi connectivity index (χ0n) is 11.0. The molecule has 0 bridgehead atoms. The molecule has 18 heavy (non-hydrogen) atoms. The molecule has 1 saturated carbocycles. The molecule has 0 aromatic carbocycles. The minimum atomic E-state index is 0.222. The van der Waals surface area contributed by atoms with Crippen LogP contribution in [0, 0.1) is 0 Å². The molecule has 1 saturated heterocycles. The summed E-state index contributed by atoms with van der Waals surface area (Å²) < 4.78 is 8.48. The van der Waals surface area contributed by atoms with Crippen molar-refractivity contribution in [2.45, 2.75) is 69.7 Å². The molecule has 1 aromatic rings. The van der Waals surface area contributed by atoms with Crippen molar-refractivity contribution in [1.82, 2.24) is 9.55 Å². The van der Waals surface area contributed by atoms with E-state index in [0.29, 0.717) is 12.6 Å². The monoisotopic (exact) mass is 249 g/mol. The molecule has 4 nitrogen and oxygen atoms in total. The number of rotatable bonds is 3. The fourth-order valence-corrected chi connectivity index (χ4v) is 3.43. The van der Waals surface area contributed by atoms with Gasteiger partial charge in [0.1, 0.15) is 0 Å². The predicted molar refractivity (Wildman–Crippen MR) is 70.0 cm³/mol. The summed E-state index contributed by atoms with van der Waals surface area (Å²) in [6.07, 6.45) is 13.3. The topological polar surface area (TPSA) is 53.1 Å². The van der Waals surface area contributed by atoms with Crippen LogP contribution in [0.1, 0.15) is 50.6 Å². The second kappa shape index (κ2) is 5.02. The van der Waals surface area contributed by atoms with Crippen molar-refractivity contribution >= 4 is 0 Å². The SMILES string of the molecule is NCc1cn(CC2CCC3(CCCCC3)O2)cn1. The van der Waals surface area contributed by atoms with Crippen LogP contribution in [-0.4, -0.2) is 21.3 Å². The maximum Gasteiger partial charge on any atom is 0.0950 e. The van der Waals surface area contributed by atoms with Crippen molar-refractivity contribution in [3.63, 3.8) is 0 Å². The van der Waals surface area contributed by atoms with Crippen LogP contribution in [0.15, 0.2) is 12.5 Å². The van der Waals surface area contributed by atoms with Gasteiger partial charge in [0.25, 0.3) is 0 Å². The van der Waals surface area contributed by atoms with Gasteiger partial charge in [0.2, 0.25) is 0 Å². The molecule has 0 radical (unpaired) electrons. The second-order valence-electron chi connectivity index (χ2n) is 5.79. The Labute approximate surface area is 109 Å². The fourth-order valence-electron chi connectivity index (χ4n) is 3.43. The minimum absolute atomic E-state index is 0.222. The number of nitrogens with two attached hydrogens (primary N) is 1. The highest BCUT2D eigenvalue weighted by Gasteiger charge is 2.40. The molecule has 2 N–H and O–H groups in total. The Kier molecular flexibility index (Phi) is 3.39. The van der Waals surface area contributed by atoms with Gasteiger partial charge in [-0.25, -0.2) is 4.98 Å². The third-order valence-corrected chi connectivity index (χ3v) is 4.41. The molecule has 1 aliphatic carbocycles. The molecule has 2 heterocycles. The Balaban J connectivity index is 1.58. The Morgan fingerprint density at radius 2 is 2.17 bits per heavy atom. The summed E-state index contributed by atoms with van der Waals surface area (Å²) in [5.41, 5.74) is 6.76. The molecule has 2 fully saturated rings. The summed E-state index contributed by atoms with van der Waals surface area (Å²) in [5.74, 6) is 0. The van der Waals surface area contributed by atoms with Gasteiger partial charge >= 0.3 is 0 Å². The van der Waals surface area contributed by atoms with Crippen LogP contribution >= 0.6 is 0 Å². The lowest BCUT2D eigenvalue weighted by Gasteiger charge is -2.33. The van der Waals surface area contributed by atoms with Gasteiger partial charge in [-0.3, -0.25) is 0 Å². The Morgan fingerprint density at radius 1 is 1.33 bits per heavy atom. The molecule has 3 rings (SSSR count). The van der Waals surface area contributed by atoms with Crippen molar-refractivity contribution < 1.29 is 4.74 Å². The third kappa shape index (κ3) is 2.45. The van der Waals surface area contributed by atoms with Crippen LogP contribution in [0.2, 0.25) is 0 Å². The molecule has 0 amide bonds. The van der Waals surface area contributed by atoms with Gasteiger partial charge in [0.15, 0.2) is 0 Å². The van der Waals surface area contributed by atoms with E-state index in [1.807, 2.05) is 12.5 Å². The summed E-state index contributed by atoms with van der Waals surface area (Å²) in [4.78, 5) is 4.26. The quantitative estimate of drug-likeness (QED) is 0.893. The summed E-state index contributed by atoms with van der Waals surface area (Å²) >= 11 is 0. The fraction of sp³-hybridized carbons (Fsp3) is 0.786. The van der Waals surface area contributed by atoms with Crippen molar-refractivity contribution in [2.75, 3.05) is 0 Å². The average molecular weight is 249 g/mol. The smallest absolute Gasteiger partial charge is 0.0950 e. The highest BCUT2D eigenvalue weighted by Crippen LogP contribution is 2.42. The molecular formula is C14H23N3O. The number of imidazole rings is 1. The van der Waals surface area contributed by atoms with Crippen LogP contribution in [0.5, 0.6) is 0 Å². The van der Waals surface area contributed by atoms with Crippen LogP contribution in [0.4, 0.5) is 0 Å². The number of hydrogen-bond acceptors (Lipinski definition) is 3. The average Bonchev–Trinajstić information content (AvgIpc) is 2.99. The summed E-state index contributed by atoms with van der Waals surface area (Å²) in [6, 6.07) is 0. The normalized spacial score (nSPS) is 26.8. The number of nitrogens with zero attached hydrogens (tertiary/aromatic N) is 2. The second-order valence-corrected chi connectivity index (χ2v) is 5.79. The molecule has 4 heteroatoms. The van der Waals surface area contributed by atoms with Crippen LogP contribution < -0.4 is 5.73 Å². The lowest BCUT2D eigenvalue weighted by molar-refractivity contribution is -0.0679. The summed E-state index contributed by atoms with van der Waals surface area (Å²) in [5, 5.41) is 0. The van der Waals surface area contributed by atoms with E-state index in [4.69, 9.17) is 10.5 Å². The van der Waals surface area contributed by atoms with E-state index in [1.54, 1.807) is 0 Å². The van der Waals surface area contributed by atoms with Crippen LogP contribution in [0.25, 0.3) is 0 Å². The van der Waals surface area contributed by atoms with Gasteiger partial charge in [-0.1, -0.05) is 19.3 Å². The van der Waals surface area contributed by atoms with Crippen LogP contribution in [0.3, 0.4) is 0 Å². The molecule has 1 atom stereocenters. The van der Waals surface area contributed by atoms with E-state index < -0.39 is 0 Å². The van der Waals surface area contributed by atoms with Crippen molar-refractivity contribution in [3.8, 4) is 0 Å². The standard InChI is InChI=1S/C14H23N3O/c15-8-12-9-17(11-16-12)10-13-4-7-14(18-13)5-2-1-3-6-14/h9,11,13H,1-8,10,15H2. The molecular weight excluding hydrogens is 226 g/mol. The minimum Gasteiger partial charge on any atom is -0.370 e. The maximum atomic E-state index is 6.36. The Hall–Kier alpha value is -0.870. The molecule has 1 aliphatic heterocycles. The van der Waals surface area contributed by atoms with Gasteiger partial charge in [-0.2, -0.15) is 0 Å². The first-order valence-electron chi connectivity index (χ1n) is 7.18. The zero-order valence-corrected chi connectivity index (χ0v) is 11.0. The number of aromatic nitrogens is 2. The van der Waals surface area contributed by atoms with Gasteiger partial charge in [0, 0.05) is 19.3 Å². The predicted octanol–water partition coefficient (Wildman–Crippen LogP) is 2.22. The highest BCUT2D eigenvalue weighted by molar-refractivity contribution is 4.97. The highest BCUT2D eigenvalue weighted by atomic mass is 16.5. The molecule has 1 spiro atoms. The van der Waals surface area contributed by atoms with Crippen LogP contribution in [-0.2, 0) is 17.8 Å².